The number of nitriles is 1. The minimum Gasteiger partial charge on any atom is -0.380 e. The largest absolute Gasteiger partial charge is 0.380 e. The van der Waals surface area contributed by atoms with Crippen LogP contribution in [0.5, 0.6) is 0 Å². The molecule has 3 fully saturated rings. The fraction of sp³-hybridized carbons (Fsp3) is 0.400. The van der Waals surface area contributed by atoms with Crippen LogP contribution in [-0.2, 0) is 9.59 Å². The summed E-state index contributed by atoms with van der Waals surface area (Å²) >= 11 is 0. The number of nitrogens with one attached hydrogen (secondary N) is 3. The minimum atomic E-state index is -0.336. The summed E-state index contributed by atoms with van der Waals surface area (Å²) in [7, 11) is 2.17. The fourth-order valence-electron chi connectivity index (χ4n) is 7.08. The second-order valence-electron chi connectivity index (χ2n) is 11.3. The molecule has 2 aliphatic carbocycles. The number of primary amides is 1. The van der Waals surface area contributed by atoms with Gasteiger partial charge in [-0.3, -0.25) is 9.59 Å². The van der Waals surface area contributed by atoms with Crippen molar-refractivity contribution in [3.63, 3.8) is 0 Å². The topological polar surface area (TPSA) is 139 Å². The van der Waals surface area contributed by atoms with Crippen molar-refractivity contribution in [3.8, 4) is 6.07 Å². The molecular weight excluding hydrogens is 504 g/mol. The van der Waals surface area contributed by atoms with Gasteiger partial charge in [-0.1, -0.05) is 18.7 Å². The number of benzene rings is 1. The van der Waals surface area contributed by atoms with E-state index >= 15 is 0 Å². The lowest BCUT2D eigenvalue weighted by atomic mass is 9.88. The summed E-state index contributed by atoms with van der Waals surface area (Å²) in [4.78, 5) is 33.9. The van der Waals surface area contributed by atoms with Crippen LogP contribution in [0.15, 0.2) is 55.3 Å². The van der Waals surface area contributed by atoms with Crippen LogP contribution in [0.25, 0.3) is 0 Å². The van der Waals surface area contributed by atoms with Gasteiger partial charge >= 0.3 is 0 Å². The molecule has 6 atom stereocenters. The second kappa shape index (κ2) is 10.3. The molecule has 2 aliphatic heterocycles. The van der Waals surface area contributed by atoms with E-state index < -0.39 is 0 Å². The van der Waals surface area contributed by atoms with Crippen molar-refractivity contribution < 1.29 is 9.59 Å². The predicted octanol–water partition coefficient (Wildman–Crippen LogP) is 3.19. The van der Waals surface area contributed by atoms with Gasteiger partial charge in [-0.25, -0.2) is 4.98 Å². The Bertz CT molecular complexity index is 1420. The van der Waals surface area contributed by atoms with Crippen molar-refractivity contribution in [2.45, 2.75) is 37.4 Å². The number of likely N-dealkylation sites (N-methyl/N-ethyl adjacent to an activating group) is 1. The molecule has 206 valence electrons. The Morgan fingerprint density at radius 2 is 1.88 bits per heavy atom. The SMILES string of the molecule is C=CC(=O)Nc1cc(N2[C@@H]3CC[C@H]2CN(C)C3)ccc1Nc1cc(N[C@H]2[C@@H](C(N)=O)[C@@H]3C=C[C@H]2C3)c(C#N)cn1. The predicted molar refractivity (Wildman–Crippen MR) is 155 cm³/mol. The van der Waals surface area contributed by atoms with E-state index in [2.05, 4.69) is 68.6 Å². The van der Waals surface area contributed by atoms with Crippen molar-refractivity contribution >= 4 is 40.4 Å². The standard InChI is InChI=1S/C30H34N8O2/c1-3-27(39)35-25-11-20(38-21-6-7-22(38)16-37(2)15-21)8-9-23(25)34-26-12-24(19(13-31)14-33-26)36-29-18-5-4-17(10-18)28(29)30(32)40/h3-5,8-9,11-12,14,17-18,21-22,28-29H,1,6-7,10,15-16H2,2H3,(H2,32,40)(H,35,39)(H2,33,34,36)/t17-,18+,21-,22+,28+,29-/m1/s1. The Balaban J connectivity index is 1.28. The van der Waals surface area contributed by atoms with Crippen molar-refractivity contribution in [2.24, 2.45) is 23.5 Å². The number of hydrogen-bond acceptors (Lipinski definition) is 8. The summed E-state index contributed by atoms with van der Waals surface area (Å²) in [6.07, 6.45) is 10.1. The van der Waals surface area contributed by atoms with E-state index in [0.717, 1.165) is 38.0 Å². The Morgan fingerprint density at radius 1 is 1.12 bits per heavy atom. The van der Waals surface area contributed by atoms with E-state index in [1.165, 1.54) is 12.3 Å². The van der Waals surface area contributed by atoms with Gasteiger partial charge < -0.3 is 31.5 Å². The number of anilines is 5. The van der Waals surface area contributed by atoms with Gasteiger partial charge in [-0.2, -0.15) is 5.26 Å². The molecule has 6 rings (SSSR count). The number of hydrogen-bond donors (Lipinski definition) is 4. The number of likely N-dealkylation sites (tertiary alicyclic amines) is 1. The molecule has 5 N–H and O–H groups in total. The summed E-state index contributed by atoms with van der Waals surface area (Å²) in [5, 5.41) is 19.4. The molecule has 2 aromatic rings. The Hall–Kier alpha value is -4.36. The molecule has 0 spiro atoms. The molecular formula is C30H34N8O2. The van der Waals surface area contributed by atoms with Gasteiger partial charge in [-0.05, 0) is 62.4 Å². The van der Waals surface area contributed by atoms with Gasteiger partial charge in [0.15, 0.2) is 0 Å². The van der Waals surface area contributed by atoms with Crippen LogP contribution in [-0.4, -0.2) is 60.0 Å². The molecule has 4 bridgehead atoms. The maximum atomic E-state index is 12.4. The summed E-state index contributed by atoms with van der Waals surface area (Å²) in [5.74, 6) is -0.177. The van der Waals surface area contributed by atoms with E-state index in [-0.39, 0.29) is 35.6 Å². The van der Waals surface area contributed by atoms with Gasteiger partial charge in [0, 0.05) is 49.2 Å². The zero-order chi connectivity index (χ0) is 28.0. The molecule has 10 heteroatoms. The number of rotatable bonds is 8. The summed E-state index contributed by atoms with van der Waals surface area (Å²) in [6.45, 7) is 5.64. The lowest BCUT2D eigenvalue weighted by Crippen LogP contribution is -2.52. The van der Waals surface area contributed by atoms with E-state index in [1.807, 2.05) is 12.1 Å². The van der Waals surface area contributed by atoms with Crippen LogP contribution in [0.1, 0.15) is 24.8 Å². The van der Waals surface area contributed by atoms with Crippen LogP contribution in [0, 0.1) is 29.1 Å². The van der Waals surface area contributed by atoms with Gasteiger partial charge in [0.25, 0.3) is 0 Å². The van der Waals surface area contributed by atoms with Crippen molar-refractivity contribution in [3.05, 3.63) is 60.8 Å². The molecule has 40 heavy (non-hydrogen) atoms. The molecule has 4 aliphatic rings. The monoisotopic (exact) mass is 538 g/mol. The highest BCUT2D eigenvalue weighted by Gasteiger charge is 2.47. The normalized spacial score (nSPS) is 28.2. The van der Waals surface area contributed by atoms with Gasteiger partial charge in [0.1, 0.15) is 11.9 Å². The second-order valence-corrected chi connectivity index (χ2v) is 11.3. The van der Waals surface area contributed by atoms with E-state index in [0.29, 0.717) is 40.5 Å². The highest BCUT2D eigenvalue weighted by molar-refractivity contribution is 6.02. The first-order valence-electron chi connectivity index (χ1n) is 13.8. The summed E-state index contributed by atoms with van der Waals surface area (Å²) in [6, 6.07) is 10.7. The van der Waals surface area contributed by atoms with E-state index in [9.17, 15) is 14.9 Å². The first kappa shape index (κ1) is 25.9. The third-order valence-electron chi connectivity index (χ3n) is 8.81. The average Bonchev–Trinajstić information content (AvgIpc) is 3.62. The number of allylic oxidation sites excluding steroid dienone is 1. The molecule has 0 unspecified atom stereocenters. The molecule has 3 heterocycles. The number of carbonyl (C=O) groups excluding carboxylic acids is 2. The van der Waals surface area contributed by atoms with Crippen LogP contribution >= 0.6 is 0 Å². The quantitative estimate of drug-likeness (QED) is 0.297. The third kappa shape index (κ3) is 4.67. The highest BCUT2D eigenvalue weighted by atomic mass is 16.1. The van der Waals surface area contributed by atoms with Crippen molar-refractivity contribution in [1.29, 1.82) is 5.26 Å². The molecule has 0 radical (unpaired) electrons. The Labute approximate surface area is 233 Å². The summed E-state index contributed by atoms with van der Waals surface area (Å²) in [5.41, 5.74) is 9.06. The van der Waals surface area contributed by atoms with Crippen molar-refractivity contribution in [1.82, 2.24) is 9.88 Å². The van der Waals surface area contributed by atoms with E-state index in [4.69, 9.17) is 5.73 Å². The molecule has 2 amide bonds. The number of fused-ring (bicyclic) bond motifs is 4. The number of nitrogens with zero attached hydrogens (tertiary/aromatic N) is 4. The first-order valence-corrected chi connectivity index (χ1v) is 13.8. The fourth-order valence-corrected chi connectivity index (χ4v) is 7.08. The third-order valence-corrected chi connectivity index (χ3v) is 8.81. The maximum absolute atomic E-state index is 12.4. The number of aromatic nitrogens is 1. The highest BCUT2D eigenvalue weighted by Crippen LogP contribution is 2.45. The molecule has 10 nitrogen and oxygen atoms in total. The van der Waals surface area contributed by atoms with E-state index in [1.54, 1.807) is 6.07 Å². The van der Waals surface area contributed by atoms with Crippen molar-refractivity contribution in [2.75, 3.05) is 41.0 Å². The number of piperazine rings is 1. The smallest absolute Gasteiger partial charge is 0.247 e. The van der Waals surface area contributed by atoms with Gasteiger partial charge in [0.05, 0.1) is 28.5 Å². The first-order chi connectivity index (χ1) is 19.3. The summed E-state index contributed by atoms with van der Waals surface area (Å²) < 4.78 is 0. The van der Waals surface area contributed by atoms with Crippen LogP contribution in [0.2, 0.25) is 0 Å². The number of carbonyl (C=O) groups is 2. The molecule has 1 aromatic heterocycles. The Kier molecular flexibility index (Phi) is 6.68. The lowest BCUT2D eigenvalue weighted by Gasteiger charge is -2.41. The molecule has 1 aromatic carbocycles. The number of amides is 2. The van der Waals surface area contributed by atoms with Crippen LogP contribution in [0.3, 0.4) is 0 Å². The maximum Gasteiger partial charge on any atom is 0.247 e. The zero-order valence-electron chi connectivity index (χ0n) is 22.5. The lowest BCUT2D eigenvalue weighted by molar-refractivity contribution is -0.122. The Morgan fingerprint density at radius 3 is 2.58 bits per heavy atom. The average molecular weight is 539 g/mol. The molecule has 2 saturated heterocycles. The van der Waals surface area contributed by atoms with Gasteiger partial charge in [0.2, 0.25) is 11.8 Å². The number of nitrogens with two attached hydrogens (primary N) is 1. The number of pyridine rings is 1. The van der Waals surface area contributed by atoms with Gasteiger partial charge in [-0.15, -0.1) is 0 Å². The van der Waals surface area contributed by atoms with Crippen LogP contribution in [0.4, 0.5) is 28.6 Å². The van der Waals surface area contributed by atoms with Crippen LogP contribution < -0.4 is 26.6 Å². The zero-order valence-corrected chi connectivity index (χ0v) is 22.5. The minimum absolute atomic E-state index is 0.120. The molecule has 1 saturated carbocycles.